The van der Waals surface area contributed by atoms with Crippen LogP contribution in [0.15, 0.2) is 73.1 Å². The molecule has 1 saturated heterocycles. The molecule has 0 aliphatic carbocycles. The molecule has 33 heavy (non-hydrogen) atoms. The third-order valence-corrected chi connectivity index (χ3v) is 7.14. The van der Waals surface area contributed by atoms with Gasteiger partial charge in [0.1, 0.15) is 6.04 Å². The molecule has 0 radical (unpaired) electrons. The number of nitrogens with zero attached hydrogens (tertiary/aromatic N) is 3. The number of hydrogen-bond donors (Lipinski definition) is 1. The minimum absolute atomic E-state index is 0.0486. The summed E-state index contributed by atoms with van der Waals surface area (Å²) in [5.41, 5.74) is 2.66. The van der Waals surface area contributed by atoms with E-state index < -0.39 is 6.04 Å². The monoisotopic (exact) mass is 458 g/mol. The van der Waals surface area contributed by atoms with E-state index in [1.165, 1.54) is 4.70 Å². The lowest BCUT2D eigenvalue weighted by Gasteiger charge is -2.24. The van der Waals surface area contributed by atoms with E-state index in [0.717, 1.165) is 41.2 Å². The van der Waals surface area contributed by atoms with E-state index in [2.05, 4.69) is 16.4 Å². The predicted octanol–water partition coefficient (Wildman–Crippen LogP) is 5.04. The highest BCUT2D eigenvalue weighted by Crippen LogP contribution is 2.25. The van der Waals surface area contributed by atoms with Crippen molar-refractivity contribution in [2.75, 3.05) is 11.9 Å². The molecule has 0 spiro atoms. The molecule has 2 aromatic heterocycles. The van der Waals surface area contributed by atoms with Crippen molar-refractivity contribution in [2.24, 2.45) is 0 Å². The lowest BCUT2D eigenvalue weighted by Crippen LogP contribution is -2.43. The molecule has 7 heteroatoms. The summed E-state index contributed by atoms with van der Waals surface area (Å²) in [7, 11) is 0. The van der Waals surface area contributed by atoms with Gasteiger partial charge in [-0.2, -0.15) is 0 Å². The van der Waals surface area contributed by atoms with E-state index in [4.69, 9.17) is 0 Å². The van der Waals surface area contributed by atoms with Crippen molar-refractivity contribution in [1.29, 1.82) is 0 Å². The Morgan fingerprint density at radius 2 is 1.82 bits per heavy atom. The minimum atomic E-state index is -0.419. The van der Waals surface area contributed by atoms with Gasteiger partial charge in [0.15, 0.2) is 0 Å². The van der Waals surface area contributed by atoms with E-state index >= 15 is 0 Å². The molecule has 168 valence electrons. The van der Waals surface area contributed by atoms with Crippen LogP contribution in [-0.2, 0) is 16.0 Å². The third-order valence-electron chi connectivity index (χ3n) is 6.04. The van der Waals surface area contributed by atoms with Crippen LogP contribution in [0, 0.1) is 0 Å². The molecule has 0 saturated carbocycles. The molecular formula is C26H26N4O2S. The van der Waals surface area contributed by atoms with E-state index in [9.17, 15) is 9.59 Å². The van der Waals surface area contributed by atoms with Crippen LogP contribution in [0.2, 0.25) is 0 Å². The number of aromatic nitrogens is 2. The maximum atomic E-state index is 13.1. The van der Waals surface area contributed by atoms with Crippen molar-refractivity contribution in [1.82, 2.24) is 14.5 Å². The Morgan fingerprint density at radius 1 is 1.03 bits per heavy atom. The largest absolute Gasteiger partial charge is 0.331 e. The normalized spacial score (nSPS) is 15.8. The number of para-hydroxylation sites is 3. The minimum Gasteiger partial charge on any atom is -0.331 e. The van der Waals surface area contributed by atoms with Crippen molar-refractivity contribution >= 4 is 39.1 Å². The van der Waals surface area contributed by atoms with Gasteiger partial charge in [-0.1, -0.05) is 24.3 Å². The molecule has 1 aliphatic heterocycles. The van der Waals surface area contributed by atoms with Crippen molar-refractivity contribution < 1.29 is 9.59 Å². The highest BCUT2D eigenvalue weighted by atomic mass is 32.1. The fraction of sp³-hybridized carbons (Fsp3) is 0.269. The molecule has 6 nitrogen and oxygen atoms in total. The zero-order chi connectivity index (χ0) is 22.6. The number of rotatable bonds is 7. The first kappa shape index (κ1) is 21.4. The van der Waals surface area contributed by atoms with Crippen LogP contribution in [0.1, 0.15) is 30.7 Å². The zero-order valence-corrected chi connectivity index (χ0v) is 19.1. The van der Waals surface area contributed by atoms with Gasteiger partial charge in [-0.05, 0) is 62.1 Å². The second-order valence-electron chi connectivity index (χ2n) is 8.27. The summed E-state index contributed by atoms with van der Waals surface area (Å²) in [4.78, 5) is 32.5. The molecule has 1 atom stereocenters. The van der Waals surface area contributed by atoms with Gasteiger partial charge >= 0.3 is 0 Å². The van der Waals surface area contributed by atoms with E-state index in [-0.39, 0.29) is 11.8 Å². The summed E-state index contributed by atoms with van der Waals surface area (Å²) in [6.07, 6.45) is 7.38. The summed E-state index contributed by atoms with van der Waals surface area (Å²) < 4.78 is 3.14. The van der Waals surface area contributed by atoms with Crippen molar-refractivity contribution in [2.45, 2.75) is 38.1 Å². The first-order chi connectivity index (χ1) is 16.2. The van der Waals surface area contributed by atoms with E-state index in [1.807, 2.05) is 71.6 Å². The number of hydrogen-bond acceptors (Lipinski definition) is 4. The number of thiazole rings is 1. The average Bonchev–Trinajstić information content (AvgIpc) is 3.59. The Morgan fingerprint density at radius 3 is 2.67 bits per heavy atom. The zero-order valence-electron chi connectivity index (χ0n) is 18.3. The fourth-order valence-corrected chi connectivity index (χ4v) is 5.42. The second kappa shape index (κ2) is 9.58. The van der Waals surface area contributed by atoms with Crippen LogP contribution < -0.4 is 5.32 Å². The number of benzene rings is 2. The summed E-state index contributed by atoms with van der Waals surface area (Å²) >= 11 is 1.69. The summed E-state index contributed by atoms with van der Waals surface area (Å²) in [5.74, 6) is -0.0703. The van der Waals surface area contributed by atoms with Gasteiger partial charge < -0.3 is 14.8 Å². The van der Waals surface area contributed by atoms with Gasteiger partial charge in [-0.3, -0.25) is 9.59 Å². The molecule has 0 bridgehead atoms. The highest BCUT2D eigenvalue weighted by Gasteiger charge is 2.34. The molecule has 0 unspecified atom stereocenters. The lowest BCUT2D eigenvalue weighted by atomic mass is 10.1. The second-order valence-corrected chi connectivity index (χ2v) is 9.39. The Labute approximate surface area is 196 Å². The van der Waals surface area contributed by atoms with Gasteiger partial charge in [-0.25, -0.2) is 4.98 Å². The number of anilines is 1. The highest BCUT2D eigenvalue weighted by molar-refractivity contribution is 7.18. The quantitative estimate of drug-likeness (QED) is 0.422. The first-order valence-electron chi connectivity index (χ1n) is 11.4. The topological polar surface area (TPSA) is 67.2 Å². The molecule has 4 aromatic rings. The van der Waals surface area contributed by atoms with Gasteiger partial charge in [0.25, 0.3) is 0 Å². The standard InChI is InChI=1S/C26H26N4O2S/c31-25(15-7-14-24-27-20-10-2-4-13-23(20)33-24)30-18-8-12-22(30)26(32)28-19-9-1-3-11-21(19)29-16-5-6-17-29/h1-6,9-11,13,16-17,22H,7-8,12,14-15,18H2,(H,28,32)/t22-/m0/s1. The van der Waals surface area contributed by atoms with E-state index in [0.29, 0.717) is 19.4 Å². The van der Waals surface area contributed by atoms with Crippen molar-refractivity contribution in [3.63, 3.8) is 0 Å². The summed E-state index contributed by atoms with van der Waals surface area (Å²) in [6, 6.07) is 19.3. The van der Waals surface area contributed by atoms with Gasteiger partial charge in [0.2, 0.25) is 11.8 Å². The predicted molar refractivity (Wildman–Crippen MR) is 132 cm³/mol. The van der Waals surface area contributed by atoms with Crippen LogP contribution in [0.3, 0.4) is 0 Å². The summed E-state index contributed by atoms with van der Waals surface area (Å²) in [6.45, 7) is 0.636. The fourth-order valence-electron chi connectivity index (χ4n) is 4.41. The molecule has 1 N–H and O–H groups in total. The number of carbonyl (C=O) groups is 2. The molecule has 2 amide bonds. The molecule has 1 aliphatic rings. The Kier molecular flexibility index (Phi) is 6.21. The lowest BCUT2D eigenvalue weighted by molar-refractivity contribution is -0.136. The number of amides is 2. The van der Waals surface area contributed by atoms with Gasteiger partial charge in [-0.15, -0.1) is 11.3 Å². The number of nitrogens with one attached hydrogen (secondary N) is 1. The average molecular weight is 459 g/mol. The van der Waals surface area contributed by atoms with Gasteiger partial charge in [0.05, 0.1) is 26.6 Å². The molecule has 1 fully saturated rings. The molecule has 2 aromatic carbocycles. The Bertz CT molecular complexity index is 1230. The first-order valence-corrected chi connectivity index (χ1v) is 12.2. The van der Waals surface area contributed by atoms with Crippen LogP contribution in [0.5, 0.6) is 0 Å². The van der Waals surface area contributed by atoms with Crippen molar-refractivity contribution in [3.05, 3.63) is 78.1 Å². The SMILES string of the molecule is O=C(Nc1ccccc1-n1cccc1)[C@@H]1CCCN1C(=O)CCCc1nc2ccccc2s1. The van der Waals surface area contributed by atoms with Gasteiger partial charge in [0, 0.05) is 25.4 Å². The maximum absolute atomic E-state index is 13.1. The Hall–Kier alpha value is -3.45. The number of aryl methyl sites for hydroxylation is 1. The van der Waals surface area contributed by atoms with Crippen LogP contribution >= 0.6 is 11.3 Å². The number of fused-ring (bicyclic) bond motifs is 1. The van der Waals surface area contributed by atoms with Crippen LogP contribution in [-0.4, -0.2) is 38.9 Å². The number of likely N-dealkylation sites (tertiary alicyclic amines) is 1. The van der Waals surface area contributed by atoms with E-state index in [1.54, 1.807) is 16.2 Å². The van der Waals surface area contributed by atoms with Crippen LogP contribution in [0.25, 0.3) is 15.9 Å². The molecule has 3 heterocycles. The molecule has 5 rings (SSSR count). The molecular weight excluding hydrogens is 432 g/mol. The maximum Gasteiger partial charge on any atom is 0.247 e. The number of carbonyl (C=O) groups excluding carboxylic acids is 2. The third kappa shape index (κ3) is 4.68. The Balaban J connectivity index is 1.20. The van der Waals surface area contributed by atoms with Crippen molar-refractivity contribution in [3.8, 4) is 5.69 Å². The summed E-state index contributed by atoms with van der Waals surface area (Å²) in [5, 5.41) is 4.12. The van der Waals surface area contributed by atoms with Crippen LogP contribution in [0.4, 0.5) is 5.69 Å². The smallest absolute Gasteiger partial charge is 0.247 e.